The first-order chi connectivity index (χ1) is 15.8. The Morgan fingerprint density at radius 2 is 2.09 bits per heavy atom. The van der Waals surface area contributed by atoms with Crippen LogP contribution in [0.2, 0.25) is 5.02 Å². The van der Waals surface area contributed by atoms with Gasteiger partial charge in [-0.1, -0.05) is 23.7 Å². The minimum atomic E-state index is -1.27. The van der Waals surface area contributed by atoms with Crippen LogP contribution in [-0.2, 0) is 12.3 Å². The molecule has 1 aromatic heterocycles. The number of carboxylic acid groups (broad SMARTS) is 1. The van der Waals surface area contributed by atoms with Crippen molar-refractivity contribution < 1.29 is 23.8 Å². The Morgan fingerprint density at radius 3 is 2.79 bits per heavy atom. The number of imidazole rings is 1. The molecule has 0 spiro atoms. The van der Waals surface area contributed by atoms with Gasteiger partial charge in [-0.05, 0) is 56.1 Å². The van der Waals surface area contributed by atoms with Crippen LogP contribution < -0.4 is 9.47 Å². The highest BCUT2D eigenvalue weighted by Crippen LogP contribution is 2.49. The van der Waals surface area contributed by atoms with Gasteiger partial charge >= 0.3 is 5.97 Å². The zero-order chi connectivity index (χ0) is 23.2. The number of piperidine rings is 1. The highest BCUT2D eigenvalue weighted by Gasteiger charge is 2.42. The quantitative estimate of drug-likeness (QED) is 0.549. The number of carboxylic acids is 1. The normalized spacial score (nSPS) is 20.8. The van der Waals surface area contributed by atoms with E-state index in [1.165, 1.54) is 12.3 Å². The number of hydrogen-bond acceptors (Lipinski definition) is 5. The fourth-order valence-corrected chi connectivity index (χ4v) is 4.76. The van der Waals surface area contributed by atoms with Gasteiger partial charge in [-0.25, -0.2) is 14.2 Å². The smallest absolute Gasteiger partial charge is 0.353 e. The molecule has 0 unspecified atom stereocenters. The summed E-state index contributed by atoms with van der Waals surface area (Å²) < 4.78 is 26.9. The molecule has 2 N–H and O–H groups in total. The third-order valence-corrected chi connectivity index (χ3v) is 6.53. The van der Waals surface area contributed by atoms with Crippen LogP contribution in [0.25, 0.3) is 0 Å². The number of likely N-dealkylation sites (tertiary alicyclic amines) is 1. The summed E-state index contributed by atoms with van der Waals surface area (Å²) in [5, 5.41) is 9.36. The molecule has 2 aromatic carbocycles. The van der Waals surface area contributed by atoms with Crippen LogP contribution in [-0.4, -0.2) is 39.0 Å². The molecule has 2 aliphatic heterocycles. The zero-order valence-corrected chi connectivity index (χ0v) is 18.7. The molecule has 3 aromatic rings. The van der Waals surface area contributed by atoms with E-state index in [2.05, 4.69) is 14.9 Å². The third kappa shape index (κ3) is 4.16. The van der Waals surface area contributed by atoms with Gasteiger partial charge in [0.25, 0.3) is 5.79 Å². The van der Waals surface area contributed by atoms with E-state index in [0.29, 0.717) is 34.5 Å². The molecule has 5 rings (SSSR count). The number of nitrogens with zero attached hydrogens (tertiary/aromatic N) is 2. The first kappa shape index (κ1) is 21.7. The topological polar surface area (TPSA) is 87.7 Å². The summed E-state index contributed by atoms with van der Waals surface area (Å²) in [7, 11) is 0. The van der Waals surface area contributed by atoms with Crippen molar-refractivity contribution in [3.63, 3.8) is 0 Å². The number of rotatable bonds is 5. The molecule has 9 heteroatoms. The van der Waals surface area contributed by atoms with Crippen molar-refractivity contribution >= 4 is 17.6 Å². The summed E-state index contributed by atoms with van der Waals surface area (Å²) in [6, 6.07) is 10.3. The number of aromatic nitrogens is 2. The number of fused-ring (bicyclic) bond motifs is 1. The maximum Gasteiger partial charge on any atom is 0.353 e. The molecule has 1 saturated heterocycles. The highest BCUT2D eigenvalue weighted by atomic mass is 35.5. The molecule has 0 radical (unpaired) electrons. The van der Waals surface area contributed by atoms with Crippen molar-refractivity contribution in [2.24, 2.45) is 0 Å². The predicted octanol–water partition coefficient (Wildman–Crippen LogP) is 4.92. The molecule has 0 saturated carbocycles. The molecule has 0 aliphatic carbocycles. The average Bonchev–Trinajstić information content (AvgIpc) is 3.38. The van der Waals surface area contributed by atoms with Crippen LogP contribution in [0.5, 0.6) is 11.5 Å². The number of aromatic carboxylic acids is 1. The minimum Gasteiger partial charge on any atom is -0.477 e. The van der Waals surface area contributed by atoms with Crippen LogP contribution in [0.1, 0.15) is 53.1 Å². The second-order valence-corrected chi connectivity index (χ2v) is 8.98. The Bertz CT molecular complexity index is 1210. The number of hydrogen-bond donors (Lipinski definition) is 2. The van der Waals surface area contributed by atoms with E-state index in [4.69, 9.17) is 26.2 Å². The number of carbonyl (C=O) groups is 1. The van der Waals surface area contributed by atoms with Crippen LogP contribution in [0, 0.1) is 5.82 Å². The molecule has 3 heterocycles. The summed E-state index contributed by atoms with van der Waals surface area (Å²) in [5.74, 6) is -0.592. The fourth-order valence-electron chi connectivity index (χ4n) is 4.60. The van der Waals surface area contributed by atoms with E-state index in [0.717, 1.165) is 31.5 Å². The molecular weight excluding hydrogens is 449 g/mol. The summed E-state index contributed by atoms with van der Waals surface area (Å²) in [6.45, 7) is 3.95. The Balaban J connectivity index is 1.29. The van der Waals surface area contributed by atoms with Crippen molar-refractivity contribution in [3.05, 3.63) is 76.1 Å². The van der Waals surface area contributed by atoms with Gasteiger partial charge in [0.2, 0.25) is 0 Å². The lowest BCUT2D eigenvalue weighted by atomic mass is 9.88. The molecular formula is C24H23ClFN3O4. The first-order valence-electron chi connectivity index (χ1n) is 10.8. The lowest BCUT2D eigenvalue weighted by molar-refractivity contribution is -0.0712. The zero-order valence-electron chi connectivity index (χ0n) is 18.0. The molecule has 2 aliphatic rings. The van der Waals surface area contributed by atoms with Gasteiger partial charge in [0.1, 0.15) is 17.3 Å². The Labute approximate surface area is 195 Å². The molecule has 0 amide bonds. The number of nitrogens with one attached hydrogen (secondary N) is 1. The van der Waals surface area contributed by atoms with Gasteiger partial charge in [0.15, 0.2) is 11.5 Å². The highest BCUT2D eigenvalue weighted by molar-refractivity contribution is 6.30. The molecule has 0 bridgehead atoms. The molecule has 33 heavy (non-hydrogen) atoms. The number of benzene rings is 2. The van der Waals surface area contributed by atoms with E-state index in [9.17, 15) is 9.18 Å². The predicted molar refractivity (Wildman–Crippen MR) is 119 cm³/mol. The first-order valence-corrected chi connectivity index (χ1v) is 11.2. The molecule has 1 fully saturated rings. The summed E-state index contributed by atoms with van der Waals surface area (Å²) in [6.07, 6.45) is 3.15. The van der Waals surface area contributed by atoms with Gasteiger partial charge in [-0.2, -0.15) is 0 Å². The van der Waals surface area contributed by atoms with E-state index < -0.39 is 17.6 Å². The summed E-state index contributed by atoms with van der Waals surface area (Å²) in [5.41, 5.74) is 1.44. The second-order valence-electron chi connectivity index (χ2n) is 8.55. The molecule has 1 atom stereocenters. The summed E-state index contributed by atoms with van der Waals surface area (Å²) in [4.78, 5) is 20.3. The second kappa shape index (κ2) is 8.35. The third-order valence-electron chi connectivity index (χ3n) is 6.29. The van der Waals surface area contributed by atoms with E-state index in [1.54, 1.807) is 19.1 Å². The summed E-state index contributed by atoms with van der Waals surface area (Å²) >= 11 is 5.91. The number of halogens is 2. The number of para-hydroxylation sites is 1. The van der Waals surface area contributed by atoms with Crippen molar-refractivity contribution in [1.82, 2.24) is 14.9 Å². The lowest BCUT2D eigenvalue weighted by Gasteiger charge is -2.32. The van der Waals surface area contributed by atoms with Gasteiger partial charge in [-0.3, -0.25) is 4.90 Å². The Kier molecular flexibility index (Phi) is 5.50. The standard InChI is InChI=1S/C24H23ClFN3O4/c1-24(17-6-5-15(25)11-18(17)26)32-20-4-2-3-16(22(20)33-24)14-7-9-29(10-8-14)13-21-27-12-19(28-21)23(30)31/h2-6,11-12,14H,7-10,13H2,1H3,(H,27,28)(H,30,31)/t24-/m0/s1. The number of H-pyrrole nitrogens is 1. The van der Waals surface area contributed by atoms with Crippen molar-refractivity contribution in [2.75, 3.05) is 13.1 Å². The molecule has 7 nitrogen and oxygen atoms in total. The monoisotopic (exact) mass is 471 g/mol. The number of ether oxygens (including phenoxy) is 2. The maximum atomic E-state index is 14.6. The van der Waals surface area contributed by atoms with Crippen LogP contribution in [0.15, 0.2) is 42.6 Å². The van der Waals surface area contributed by atoms with Gasteiger partial charge < -0.3 is 19.6 Å². The minimum absolute atomic E-state index is 0.0945. The van der Waals surface area contributed by atoms with E-state index >= 15 is 0 Å². The van der Waals surface area contributed by atoms with E-state index in [1.807, 2.05) is 18.2 Å². The maximum absolute atomic E-state index is 14.6. The fraction of sp³-hybridized carbons (Fsp3) is 0.333. The van der Waals surface area contributed by atoms with Crippen LogP contribution in [0.4, 0.5) is 4.39 Å². The van der Waals surface area contributed by atoms with Gasteiger partial charge in [0.05, 0.1) is 18.3 Å². The van der Waals surface area contributed by atoms with Crippen molar-refractivity contribution in [1.29, 1.82) is 0 Å². The number of aromatic amines is 1. The average molecular weight is 472 g/mol. The van der Waals surface area contributed by atoms with Crippen molar-refractivity contribution in [2.45, 2.75) is 38.0 Å². The van der Waals surface area contributed by atoms with Crippen LogP contribution >= 0.6 is 11.6 Å². The van der Waals surface area contributed by atoms with Crippen LogP contribution in [0.3, 0.4) is 0 Å². The van der Waals surface area contributed by atoms with E-state index in [-0.39, 0.29) is 11.6 Å². The van der Waals surface area contributed by atoms with Gasteiger partial charge in [-0.15, -0.1) is 0 Å². The SMILES string of the molecule is C[C@]1(c2ccc(Cl)cc2F)Oc2cccc(C3CCN(Cc4ncc(C(=O)O)[nH]4)CC3)c2O1. The Morgan fingerprint density at radius 1 is 1.30 bits per heavy atom. The molecule has 172 valence electrons. The lowest BCUT2D eigenvalue weighted by Crippen LogP contribution is -2.34. The Hall–Kier alpha value is -3.10. The van der Waals surface area contributed by atoms with Crippen molar-refractivity contribution in [3.8, 4) is 11.5 Å². The van der Waals surface area contributed by atoms with Gasteiger partial charge in [0, 0.05) is 17.5 Å². The largest absolute Gasteiger partial charge is 0.477 e.